The molecule has 0 radical (unpaired) electrons. The quantitative estimate of drug-likeness (QED) is 0.529. The Morgan fingerprint density at radius 2 is 1.71 bits per heavy atom. The molecular weight excluding hydrogens is 360 g/mol. The first-order chi connectivity index (χ1) is 13.5. The number of benzene rings is 2. The summed E-state index contributed by atoms with van der Waals surface area (Å²) in [6.45, 7) is -0.336. The van der Waals surface area contributed by atoms with Gasteiger partial charge in [0, 0.05) is 24.7 Å². The molecule has 0 aliphatic rings. The number of methoxy groups -OCH3 is 1. The van der Waals surface area contributed by atoms with Crippen molar-refractivity contribution in [2.24, 2.45) is 5.73 Å². The number of hydrogen-bond donors (Lipinski definition) is 1. The van der Waals surface area contributed by atoms with Gasteiger partial charge in [-0.1, -0.05) is 30.3 Å². The van der Waals surface area contributed by atoms with Gasteiger partial charge in [-0.15, -0.1) is 0 Å². The van der Waals surface area contributed by atoms with Crippen molar-refractivity contribution in [3.8, 4) is 5.75 Å². The van der Waals surface area contributed by atoms with Crippen molar-refractivity contribution in [1.82, 2.24) is 0 Å². The van der Waals surface area contributed by atoms with Crippen LogP contribution in [0.1, 0.15) is 12.0 Å². The van der Waals surface area contributed by atoms with Gasteiger partial charge in [0.1, 0.15) is 5.75 Å². The fourth-order valence-electron chi connectivity index (χ4n) is 2.37. The number of hydrogen-bond acceptors (Lipinski definition) is 5. The number of ether oxygens (including phenoxy) is 2. The summed E-state index contributed by atoms with van der Waals surface area (Å²) in [6, 6.07) is 15.9. The number of carbonyl (C=O) groups excluding carboxylic acids is 3. The number of nitrogens with two attached hydrogens (primary N) is 1. The molecule has 0 aromatic heterocycles. The second-order valence-electron chi connectivity index (χ2n) is 5.81. The predicted octanol–water partition coefficient (Wildman–Crippen LogP) is 2.16. The number of rotatable bonds is 9. The summed E-state index contributed by atoms with van der Waals surface area (Å²) in [6.07, 6.45) is 2.83. The number of nitrogens with zero attached hydrogens (tertiary/aromatic N) is 1. The van der Waals surface area contributed by atoms with Crippen molar-refractivity contribution in [3.63, 3.8) is 0 Å². The van der Waals surface area contributed by atoms with E-state index in [-0.39, 0.29) is 13.0 Å². The Kier molecular flexibility index (Phi) is 7.77. The number of carbonyl (C=O) groups is 3. The fourth-order valence-corrected chi connectivity index (χ4v) is 2.37. The monoisotopic (exact) mass is 382 g/mol. The van der Waals surface area contributed by atoms with Gasteiger partial charge >= 0.3 is 5.97 Å². The molecular formula is C21H22N2O5. The van der Waals surface area contributed by atoms with Gasteiger partial charge in [0.25, 0.3) is 5.91 Å². The van der Waals surface area contributed by atoms with Crippen LogP contribution in [0.5, 0.6) is 5.75 Å². The smallest absolute Gasteiger partial charge is 0.331 e. The normalized spacial score (nSPS) is 10.5. The van der Waals surface area contributed by atoms with E-state index in [4.69, 9.17) is 15.2 Å². The van der Waals surface area contributed by atoms with Crippen molar-refractivity contribution in [2.45, 2.75) is 6.42 Å². The van der Waals surface area contributed by atoms with Gasteiger partial charge in [0.05, 0.1) is 7.11 Å². The molecule has 0 fully saturated rings. The Bertz CT molecular complexity index is 832. The van der Waals surface area contributed by atoms with Gasteiger partial charge in [0.2, 0.25) is 5.91 Å². The lowest BCUT2D eigenvalue weighted by molar-refractivity contribution is -0.143. The van der Waals surface area contributed by atoms with Gasteiger partial charge in [-0.2, -0.15) is 0 Å². The van der Waals surface area contributed by atoms with Crippen molar-refractivity contribution in [2.75, 3.05) is 25.2 Å². The minimum atomic E-state index is -0.646. The summed E-state index contributed by atoms with van der Waals surface area (Å²) < 4.78 is 10.1. The van der Waals surface area contributed by atoms with Crippen LogP contribution in [-0.2, 0) is 19.1 Å². The van der Waals surface area contributed by atoms with Crippen LogP contribution in [-0.4, -0.2) is 38.0 Å². The van der Waals surface area contributed by atoms with Crippen LogP contribution in [0.4, 0.5) is 5.69 Å². The molecule has 0 aliphatic carbocycles. The SMILES string of the molecule is COc1ccc(/C=C/C(=O)OCC(=O)N(CCC(N)=O)c2ccccc2)cc1. The van der Waals surface area contributed by atoms with E-state index in [9.17, 15) is 14.4 Å². The van der Waals surface area contributed by atoms with Gasteiger partial charge in [0.15, 0.2) is 6.61 Å². The zero-order chi connectivity index (χ0) is 20.4. The highest BCUT2D eigenvalue weighted by Crippen LogP contribution is 2.14. The highest BCUT2D eigenvalue weighted by atomic mass is 16.5. The van der Waals surface area contributed by atoms with Crippen LogP contribution < -0.4 is 15.4 Å². The van der Waals surface area contributed by atoms with Crippen molar-refractivity contribution >= 4 is 29.5 Å². The Hall–Kier alpha value is -3.61. The van der Waals surface area contributed by atoms with Crippen molar-refractivity contribution < 1.29 is 23.9 Å². The Labute approximate surface area is 163 Å². The van der Waals surface area contributed by atoms with Gasteiger partial charge in [-0.3, -0.25) is 9.59 Å². The molecule has 0 aliphatic heterocycles. The predicted molar refractivity (Wildman–Crippen MR) is 106 cm³/mol. The van der Waals surface area contributed by atoms with E-state index in [0.29, 0.717) is 11.4 Å². The summed E-state index contributed by atoms with van der Waals surface area (Å²) in [5.74, 6) is -0.902. The highest BCUT2D eigenvalue weighted by Gasteiger charge is 2.17. The largest absolute Gasteiger partial charge is 0.497 e. The van der Waals surface area contributed by atoms with E-state index in [1.54, 1.807) is 61.7 Å². The zero-order valence-electron chi connectivity index (χ0n) is 15.5. The Morgan fingerprint density at radius 1 is 1.04 bits per heavy atom. The molecule has 2 aromatic carbocycles. The van der Waals surface area contributed by atoms with Crippen molar-refractivity contribution in [1.29, 1.82) is 0 Å². The third-order valence-corrected chi connectivity index (χ3v) is 3.82. The van der Waals surface area contributed by atoms with E-state index in [0.717, 1.165) is 5.56 Å². The fraction of sp³-hybridized carbons (Fsp3) is 0.190. The van der Waals surface area contributed by atoms with Gasteiger partial charge in [-0.25, -0.2) is 4.79 Å². The lowest BCUT2D eigenvalue weighted by Crippen LogP contribution is -2.37. The second kappa shape index (κ2) is 10.5. The average molecular weight is 382 g/mol. The third-order valence-electron chi connectivity index (χ3n) is 3.82. The second-order valence-corrected chi connectivity index (χ2v) is 5.81. The number of primary amides is 1. The molecule has 2 amide bonds. The molecule has 2 N–H and O–H groups in total. The molecule has 0 heterocycles. The minimum absolute atomic E-state index is 0.00591. The molecule has 28 heavy (non-hydrogen) atoms. The lowest BCUT2D eigenvalue weighted by atomic mass is 10.2. The molecule has 146 valence electrons. The molecule has 0 bridgehead atoms. The average Bonchev–Trinajstić information content (AvgIpc) is 2.71. The van der Waals surface area contributed by atoms with Gasteiger partial charge < -0.3 is 20.1 Å². The minimum Gasteiger partial charge on any atom is -0.497 e. The third kappa shape index (κ3) is 6.60. The first-order valence-corrected chi connectivity index (χ1v) is 8.62. The molecule has 0 atom stereocenters. The molecule has 0 unspecified atom stereocenters. The number of esters is 1. The Morgan fingerprint density at radius 3 is 2.32 bits per heavy atom. The standard InChI is InChI=1S/C21H22N2O5/c1-27-18-10-7-16(8-11-18)9-12-21(26)28-15-20(25)23(14-13-19(22)24)17-5-3-2-4-6-17/h2-12H,13-15H2,1H3,(H2,22,24)/b12-9+. The van der Waals surface area contributed by atoms with Crippen LogP contribution in [0.15, 0.2) is 60.7 Å². The first-order valence-electron chi connectivity index (χ1n) is 8.62. The molecule has 7 nitrogen and oxygen atoms in total. The lowest BCUT2D eigenvalue weighted by Gasteiger charge is -2.22. The summed E-state index contributed by atoms with van der Waals surface area (Å²) in [4.78, 5) is 36.8. The van der Waals surface area contributed by atoms with E-state index in [1.165, 1.54) is 11.0 Å². The van der Waals surface area contributed by atoms with Crippen LogP contribution in [0.3, 0.4) is 0 Å². The molecule has 0 saturated carbocycles. The van der Waals surface area contributed by atoms with E-state index in [2.05, 4.69) is 0 Å². The maximum atomic E-state index is 12.5. The van der Waals surface area contributed by atoms with Crippen molar-refractivity contribution in [3.05, 3.63) is 66.2 Å². The summed E-state index contributed by atoms with van der Waals surface area (Å²) >= 11 is 0. The number of amides is 2. The molecule has 0 spiro atoms. The van der Waals surface area contributed by atoms with Gasteiger partial charge in [-0.05, 0) is 35.9 Å². The highest BCUT2D eigenvalue weighted by molar-refractivity contribution is 5.97. The van der Waals surface area contributed by atoms with Crippen LogP contribution in [0.2, 0.25) is 0 Å². The summed E-state index contributed by atoms with van der Waals surface area (Å²) in [5, 5.41) is 0. The summed E-state index contributed by atoms with van der Waals surface area (Å²) in [7, 11) is 1.57. The van der Waals surface area contributed by atoms with Crippen LogP contribution in [0.25, 0.3) is 6.08 Å². The molecule has 2 aromatic rings. The number of para-hydroxylation sites is 1. The maximum absolute atomic E-state index is 12.5. The topological polar surface area (TPSA) is 98.9 Å². The Balaban J connectivity index is 1.93. The van der Waals surface area contributed by atoms with E-state index in [1.807, 2.05) is 6.07 Å². The van der Waals surface area contributed by atoms with Crippen LogP contribution >= 0.6 is 0 Å². The molecule has 0 saturated heterocycles. The zero-order valence-corrected chi connectivity index (χ0v) is 15.5. The first kappa shape index (κ1) is 20.7. The number of anilines is 1. The molecule has 2 rings (SSSR count). The summed E-state index contributed by atoms with van der Waals surface area (Å²) in [5.41, 5.74) is 6.56. The van der Waals surface area contributed by atoms with Crippen LogP contribution in [0, 0.1) is 0 Å². The molecule has 7 heteroatoms. The van der Waals surface area contributed by atoms with E-state index < -0.39 is 24.4 Å². The van der Waals surface area contributed by atoms with E-state index >= 15 is 0 Å². The maximum Gasteiger partial charge on any atom is 0.331 e.